The quantitative estimate of drug-likeness (QED) is 0.459. The van der Waals surface area contributed by atoms with Crippen molar-refractivity contribution in [3.8, 4) is 16.5 Å². The second kappa shape index (κ2) is 8.61. The normalized spacial score (nSPS) is 17.8. The van der Waals surface area contributed by atoms with Gasteiger partial charge in [0.2, 0.25) is 0 Å². The van der Waals surface area contributed by atoms with Gasteiger partial charge in [-0.2, -0.15) is 0 Å². The molecule has 0 atom stereocenters. The maximum Gasteiger partial charge on any atom is 0.251 e. The number of nitrogens with zero attached hydrogens (tertiary/aromatic N) is 4. The topological polar surface area (TPSA) is 72.7 Å². The fourth-order valence-corrected chi connectivity index (χ4v) is 4.77. The van der Waals surface area contributed by atoms with E-state index in [1.165, 1.54) is 11.3 Å². The van der Waals surface area contributed by atoms with Gasteiger partial charge >= 0.3 is 0 Å². The maximum absolute atomic E-state index is 12.4. The number of amides is 1. The number of carbonyl (C=O) groups excluding carboxylic acids is 1. The maximum atomic E-state index is 12.4. The molecule has 1 fully saturated rings. The largest absolute Gasteiger partial charge is 0.349 e. The molecule has 4 aromatic rings. The highest BCUT2D eigenvalue weighted by molar-refractivity contribution is 7.13. The van der Waals surface area contributed by atoms with E-state index in [0.29, 0.717) is 22.3 Å². The molecule has 0 saturated heterocycles. The number of halogens is 1. The molecule has 1 aliphatic carbocycles. The summed E-state index contributed by atoms with van der Waals surface area (Å²) in [7, 11) is 0. The van der Waals surface area contributed by atoms with Crippen molar-refractivity contribution in [3.63, 3.8) is 0 Å². The lowest BCUT2D eigenvalue weighted by Gasteiger charge is -2.35. The molecule has 1 N–H and O–H groups in total. The Bertz CT molecular complexity index is 1190. The molecule has 8 heteroatoms. The Hall–Kier alpha value is -3.03. The molecule has 156 valence electrons. The number of rotatable bonds is 6. The number of para-hydroxylation sites is 1. The molecule has 2 aromatic heterocycles. The van der Waals surface area contributed by atoms with Crippen LogP contribution in [0, 0.1) is 5.92 Å². The minimum absolute atomic E-state index is 0.0191. The van der Waals surface area contributed by atoms with Gasteiger partial charge in [0.25, 0.3) is 5.91 Å². The molecule has 2 aromatic carbocycles. The summed E-state index contributed by atoms with van der Waals surface area (Å²) in [5.41, 5.74) is 1.54. The first-order valence-corrected chi connectivity index (χ1v) is 11.4. The molecule has 0 unspecified atom stereocenters. The number of nitrogens with one attached hydrogen (secondary N) is 1. The lowest BCUT2D eigenvalue weighted by Crippen LogP contribution is -2.45. The number of thiazole rings is 1. The Kier molecular flexibility index (Phi) is 5.53. The van der Waals surface area contributed by atoms with Gasteiger partial charge in [0.15, 0.2) is 10.8 Å². The predicted molar refractivity (Wildman–Crippen MR) is 122 cm³/mol. The Labute approximate surface area is 188 Å². The third-order valence-corrected chi connectivity index (χ3v) is 6.61. The highest BCUT2D eigenvalue weighted by atomic mass is 35.5. The lowest BCUT2D eigenvalue weighted by atomic mass is 9.78. The van der Waals surface area contributed by atoms with Gasteiger partial charge in [0, 0.05) is 29.6 Å². The molecule has 31 heavy (non-hydrogen) atoms. The molecule has 6 nitrogen and oxygen atoms in total. The van der Waals surface area contributed by atoms with Crippen molar-refractivity contribution in [1.82, 2.24) is 25.1 Å². The summed E-state index contributed by atoms with van der Waals surface area (Å²) in [5, 5.41) is 15.4. The van der Waals surface area contributed by atoms with Crippen LogP contribution in [0.3, 0.4) is 0 Å². The molecule has 2 heterocycles. The molecular weight excluding hydrogens is 430 g/mol. The first kappa shape index (κ1) is 19.9. The second-order valence-electron chi connectivity index (χ2n) is 7.64. The SMILES string of the molecule is O=C(NC1CC(Cc2nnc(-c3nccs3)n2-c2ccccc2Cl)C1)c1ccccc1. The summed E-state index contributed by atoms with van der Waals surface area (Å²) in [5.74, 6) is 1.97. The van der Waals surface area contributed by atoms with Gasteiger partial charge in [-0.1, -0.05) is 41.9 Å². The van der Waals surface area contributed by atoms with Crippen LogP contribution in [0.2, 0.25) is 5.02 Å². The standard InChI is InChI=1S/C23H20ClN5OS/c24-18-8-4-5-9-19(18)29-20(27-28-21(29)23-25-10-11-31-23)14-15-12-17(13-15)26-22(30)16-6-2-1-3-7-16/h1-11,15,17H,12-14H2,(H,26,30). The molecule has 0 aliphatic heterocycles. The van der Waals surface area contributed by atoms with Crippen molar-refractivity contribution in [2.45, 2.75) is 25.3 Å². The van der Waals surface area contributed by atoms with Gasteiger partial charge in [-0.15, -0.1) is 21.5 Å². The monoisotopic (exact) mass is 449 g/mol. The van der Waals surface area contributed by atoms with Crippen LogP contribution in [0.5, 0.6) is 0 Å². The van der Waals surface area contributed by atoms with Gasteiger partial charge in [-0.25, -0.2) is 4.98 Å². The van der Waals surface area contributed by atoms with E-state index in [2.05, 4.69) is 20.5 Å². The van der Waals surface area contributed by atoms with E-state index >= 15 is 0 Å². The van der Waals surface area contributed by atoms with Crippen LogP contribution >= 0.6 is 22.9 Å². The summed E-state index contributed by atoms with van der Waals surface area (Å²) >= 11 is 8.03. The molecule has 0 spiro atoms. The highest BCUT2D eigenvalue weighted by Crippen LogP contribution is 2.34. The average Bonchev–Trinajstić information content (AvgIpc) is 3.43. The molecule has 1 saturated carbocycles. The Morgan fingerprint density at radius 3 is 2.61 bits per heavy atom. The predicted octanol–water partition coefficient (Wildman–Crippen LogP) is 4.80. The summed E-state index contributed by atoms with van der Waals surface area (Å²) in [6.45, 7) is 0. The van der Waals surface area contributed by atoms with Crippen LogP contribution in [-0.2, 0) is 6.42 Å². The molecule has 1 amide bonds. The van der Waals surface area contributed by atoms with E-state index in [1.807, 2.05) is 64.5 Å². The van der Waals surface area contributed by atoms with E-state index in [0.717, 1.165) is 35.8 Å². The summed E-state index contributed by atoms with van der Waals surface area (Å²) in [6.07, 6.45) is 4.36. The molecular formula is C23H20ClN5OS. The van der Waals surface area contributed by atoms with Crippen molar-refractivity contribution < 1.29 is 4.79 Å². The minimum atomic E-state index is -0.0191. The molecule has 1 aliphatic rings. The first-order valence-electron chi connectivity index (χ1n) is 10.1. The number of hydrogen-bond acceptors (Lipinski definition) is 5. The van der Waals surface area contributed by atoms with E-state index in [1.54, 1.807) is 6.20 Å². The first-order chi connectivity index (χ1) is 15.2. The van der Waals surface area contributed by atoms with Crippen LogP contribution in [0.15, 0.2) is 66.2 Å². The van der Waals surface area contributed by atoms with Gasteiger partial charge < -0.3 is 5.32 Å². The fourth-order valence-electron chi connectivity index (χ4n) is 3.94. The second-order valence-corrected chi connectivity index (χ2v) is 8.94. The van der Waals surface area contributed by atoms with E-state index in [-0.39, 0.29) is 11.9 Å². The van der Waals surface area contributed by atoms with Crippen molar-refractivity contribution in [3.05, 3.63) is 82.6 Å². The zero-order valence-corrected chi connectivity index (χ0v) is 18.2. The van der Waals surface area contributed by atoms with Crippen LogP contribution in [0.25, 0.3) is 16.5 Å². The average molecular weight is 450 g/mol. The van der Waals surface area contributed by atoms with Gasteiger partial charge in [-0.05, 0) is 43.0 Å². The van der Waals surface area contributed by atoms with Crippen molar-refractivity contribution in [2.24, 2.45) is 5.92 Å². The lowest BCUT2D eigenvalue weighted by molar-refractivity contribution is 0.0889. The summed E-state index contributed by atoms with van der Waals surface area (Å²) in [4.78, 5) is 16.8. The van der Waals surface area contributed by atoms with E-state index in [4.69, 9.17) is 11.6 Å². The van der Waals surface area contributed by atoms with Crippen LogP contribution in [0.1, 0.15) is 29.0 Å². The Balaban J connectivity index is 1.32. The zero-order valence-electron chi connectivity index (χ0n) is 16.6. The minimum Gasteiger partial charge on any atom is -0.349 e. The van der Waals surface area contributed by atoms with Gasteiger partial charge in [-0.3, -0.25) is 9.36 Å². The van der Waals surface area contributed by atoms with Gasteiger partial charge in [0.05, 0.1) is 10.7 Å². The number of carbonyl (C=O) groups is 1. The van der Waals surface area contributed by atoms with Crippen LogP contribution < -0.4 is 5.32 Å². The van der Waals surface area contributed by atoms with Gasteiger partial charge in [0.1, 0.15) is 5.82 Å². The summed E-state index contributed by atoms with van der Waals surface area (Å²) in [6, 6.07) is 17.2. The number of aromatic nitrogens is 4. The fraction of sp³-hybridized carbons (Fsp3) is 0.217. The van der Waals surface area contributed by atoms with Crippen molar-refractivity contribution in [2.75, 3.05) is 0 Å². The highest BCUT2D eigenvalue weighted by Gasteiger charge is 2.32. The number of benzene rings is 2. The van der Waals surface area contributed by atoms with Crippen LogP contribution in [-0.4, -0.2) is 31.7 Å². The molecule has 0 bridgehead atoms. The molecule has 0 radical (unpaired) electrons. The smallest absolute Gasteiger partial charge is 0.251 e. The van der Waals surface area contributed by atoms with Crippen molar-refractivity contribution in [1.29, 1.82) is 0 Å². The summed E-state index contributed by atoms with van der Waals surface area (Å²) < 4.78 is 2.01. The number of hydrogen-bond donors (Lipinski definition) is 1. The third-order valence-electron chi connectivity index (χ3n) is 5.53. The Morgan fingerprint density at radius 1 is 1.10 bits per heavy atom. The third kappa shape index (κ3) is 4.11. The van der Waals surface area contributed by atoms with E-state index in [9.17, 15) is 4.79 Å². The Morgan fingerprint density at radius 2 is 1.87 bits per heavy atom. The van der Waals surface area contributed by atoms with E-state index < -0.39 is 0 Å². The van der Waals surface area contributed by atoms with Crippen LogP contribution in [0.4, 0.5) is 0 Å². The van der Waals surface area contributed by atoms with Crippen molar-refractivity contribution >= 4 is 28.8 Å². The zero-order chi connectivity index (χ0) is 21.2. The molecule has 5 rings (SSSR count).